The largest absolute Gasteiger partial charge is 0.455 e. The highest BCUT2D eigenvalue weighted by Gasteiger charge is 2.30. The normalized spacial score (nSPS) is 12.6. The van der Waals surface area contributed by atoms with Crippen LogP contribution in [-0.4, -0.2) is 19.9 Å². The molecule has 0 N–H and O–H groups in total. The molecule has 1 aromatic carbocycles. The van der Waals surface area contributed by atoms with Crippen LogP contribution in [0.15, 0.2) is 48.9 Å². The first-order valence-corrected chi connectivity index (χ1v) is 8.22. The van der Waals surface area contributed by atoms with E-state index in [2.05, 4.69) is 19.9 Å². The Morgan fingerprint density at radius 2 is 1.67 bits per heavy atom. The third kappa shape index (κ3) is 4.99. The Morgan fingerprint density at radius 1 is 1.00 bits per heavy atom. The molecule has 3 rings (SSSR count). The summed E-state index contributed by atoms with van der Waals surface area (Å²) in [4.78, 5) is 16.5. The fourth-order valence-electron chi connectivity index (χ4n) is 2.62. The predicted molar refractivity (Wildman–Crippen MR) is 92.1 cm³/mol. The van der Waals surface area contributed by atoms with Crippen molar-refractivity contribution in [2.24, 2.45) is 0 Å². The zero-order chi connectivity index (χ0) is 19.4. The first kappa shape index (κ1) is 18.8. The average molecular weight is 374 g/mol. The molecule has 3 aromatic rings. The summed E-state index contributed by atoms with van der Waals surface area (Å²) in [6.07, 6.45) is -1.64. The average Bonchev–Trinajstić information content (AvgIpc) is 2.61. The summed E-state index contributed by atoms with van der Waals surface area (Å²) in [5, 5.41) is 0. The number of aromatic nitrogens is 4. The summed E-state index contributed by atoms with van der Waals surface area (Å²) in [7, 11) is 0. The van der Waals surface area contributed by atoms with E-state index in [1.54, 1.807) is 12.3 Å². The molecule has 0 saturated heterocycles. The van der Waals surface area contributed by atoms with Gasteiger partial charge in [-0.05, 0) is 43.7 Å². The van der Waals surface area contributed by atoms with Crippen molar-refractivity contribution in [3.8, 4) is 6.01 Å². The van der Waals surface area contributed by atoms with Crippen molar-refractivity contribution in [2.45, 2.75) is 32.5 Å². The van der Waals surface area contributed by atoms with E-state index in [1.165, 1.54) is 18.5 Å². The molecule has 0 saturated carbocycles. The number of rotatable bonds is 5. The molecule has 0 fully saturated rings. The van der Waals surface area contributed by atoms with Crippen molar-refractivity contribution in [3.05, 3.63) is 77.1 Å². The van der Waals surface area contributed by atoms with Crippen LogP contribution in [0, 0.1) is 13.8 Å². The van der Waals surface area contributed by atoms with Crippen LogP contribution in [0.5, 0.6) is 6.01 Å². The van der Waals surface area contributed by atoms with E-state index >= 15 is 0 Å². The zero-order valence-corrected chi connectivity index (χ0v) is 14.7. The monoisotopic (exact) mass is 374 g/mol. The van der Waals surface area contributed by atoms with E-state index in [4.69, 9.17) is 4.74 Å². The predicted octanol–water partition coefficient (Wildman–Crippen LogP) is 4.27. The van der Waals surface area contributed by atoms with Crippen molar-refractivity contribution in [3.63, 3.8) is 0 Å². The number of hydrogen-bond donors (Lipinski definition) is 0. The maximum absolute atomic E-state index is 12.8. The molecule has 8 heteroatoms. The van der Waals surface area contributed by atoms with Gasteiger partial charge in [-0.15, -0.1) is 0 Å². The summed E-state index contributed by atoms with van der Waals surface area (Å²) < 4.78 is 44.4. The highest BCUT2D eigenvalue weighted by Crippen LogP contribution is 2.31. The van der Waals surface area contributed by atoms with E-state index < -0.39 is 17.8 Å². The van der Waals surface area contributed by atoms with Crippen molar-refractivity contribution in [2.75, 3.05) is 0 Å². The maximum atomic E-state index is 12.8. The first-order chi connectivity index (χ1) is 12.8. The van der Waals surface area contributed by atoms with Gasteiger partial charge in [0.05, 0.1) is 5.56 Å². The second kappa shape index (κ2) is 7.69. The molecule has 5 nitrogen and oxygen atoms in total. The topological polar surface area (TPSA) is 60.8 Å². The number of aryl methyl sites for hydroxylation is 2. The lowest BCUT2D eigenvalue weighted by molar-refractivity contribution is -0.137. The minimum absolute atomic E-state index is 0.173. The lowest BCUT2D eigenvalue weighted by Gasteiger charge is -2.19. The highest BCUT2D eigenvalue weighted by atomic mass is 19.4. The van der Waals surface area contributed by atoms with E-state index in [0.29, 0.717) is 17.7 Å². The molecule has 0 aliphatic rings. The maximum Gasteiger partial charge on any atom is 0.416 e. The van der Waals surface area contributed by atoms with E-state index in [0.717, 1.165) is 23.5 Å². The first-order valence-electron chi connectivity index (χ1n) is 8.22. The Hall–Kier alpha value is -3.03. The lowest BCUT2D eigenvalue weighted by atomic mass is 10.0. The summed E-state index contributed by atoms with van der Waals surface area (Å²) in [5.74, 6) is 0. The number of halogens is 3. The van der Waals surface area contributed by atoms with Gasteiger partial charge in [-0.2, -0.15) is 13.2 Å². The van der Waals surface area contributed by atoms with Crippen LogP contribution in [0.2, 0.25) is 0 Å². The van der Waals surface area contributed by atoms with E-state index in [-0.39, 0.29) is 6.01 Å². The Bertz CT molecular complexity index is 879. The number of benzene rings is 1. The number of alkyl halides is 3. The van der Waals surface area contributed by atoms with Gasteiger partial charge in [0.1, 0.15) is 12.4 Å². The molecule has 0 aliphatic carbocycles. The summed E-state index contributed by atoms with van der Waals surface area (Å²) in [6.45, 7) is 3.64. The van der Waals surface area contributed by atoms with Crippen molar-refractivity contribution in [1.29, 1.82) is 0 Å². The van der Waals surface area contributed by atoms with E-state index in [1.807, 2.05) is 19.9 Å². The third-order valence-electron chi connectivity index (χ3n) is 3.86. The SMILES string of the molecule is Cc1cc(C)nc(OC(Cc2ccncn2)c2ccc(C(F)(F)F)cc2)n1. The Balaban J connectivity index is 1.91. The van der Waals surface area contributed by atoms with Crippen molar-refractivity contribution in [1.82, 2.24) is 19.9 Å². The highest BCUT2D eigenvalue weighted by molar-refractivity contribution is 5.27. The molecule has 0 radical (unpaired) electrons. The van der Waals surface area contributed by atoms with Crippen molar-refractivity contribution < 1.29 is 17.9 Å². The molecule has 140 valence electrons. The van der Waals surface area contributed by atoms with E-state index in [9.17, 15) is 13.2 Å². The molecule has 2 aromatic heterocycles. The summed E-state index contributed by atoms with van der Waals surface area (Å²) >= 11 is 0. The quantitative estimate of drug-likeness (QED) is 0.668. The molecule has 1 atom stereocenters. The van der Waals surface area contributed by atoms with Gasteiger partial charge >= 0.3 is 12.2 Å². The van der Waals surface area contributed by atoms with Crippen LogP contribution in [0.25, 0.3) is 0 Å². The Kier molecular flexibility index (Phi) is 5.34. The molecular weight excluding hydrogens is 357 g/mol. The summed E-state index contributed by atoms with van der Waals surface area (Å²) in [6, 6.07) is 8.58. The smallest absolute Gasteiger partial charge is 0.416 e. The van der Waals surface area contributed by atoms with Gasteiger partial charge in [0, 0.05) is 29.7 Å². The number of ether oxygens (including phenoxy) is 1. The van der Waals surface area contributed by atoms with Gasteiger partial charge in [-0.1, -0.05) is 12.1 Å². The lowest BCUT2D eigenvalue weighted by Crippen LogP contribution is -2.14. The van der Waals surface area contributed by atoms with Crippen LogP contribution in [-0.2, 0) is 12.6 Å². The molecule has 0 amide bonds. The second-order valence-corrected chi connectivity index (χ2v) is 6.06. The molecule has 0 spiro atoms. The fraction of sp³-hybridized carbons (Fsp3) is 0.263. The molecule has 1 unspecified atom stereocenters. The second-order valence-electron chi connectivity index (χ2n) is 6.06. The third-order valence-corrected chi connectivity index (χ3v) is 3.86. The number of nitrogens with zero attached hydrogens (tertiary/aromatic N) is 4. The molecule has 27 heavy (non-hydrogen) atoms. The molecular formula is C19H17F3N4O. The van der Waals surface area contributed by atoms with Gasteiger partial charge in [-0.3, -0.25) is 0 Å². The van der Waals surface area contributed by atoms with Crippen molar-refractivity contribution >= 4 is 0 Å². The van der Waals surface area contributed by atoms with Gasteiger partial charge in [-0.25, -0.2) is 19.9 Å². The van der Waals surface area contributed by atoms with Gasteiger partial charge in [0.25, 0.3) is 0 Å². The minimum atomic E-state index is -4.39. The molecule has 0 aliphatic heterocycles. The fourth-order valence-corrected chi connectivity index (χ4v) is 2.62. The molecule has 0 bridgehead atoms. The molecule has 2 heterocycles. The van der Waals surface area contributed by atoms with Crippen LogP contribution in [0.1, 0.15) is 34.3 Å². The van der Waals surface area contributed by atoms with Crippen LogP contribution >= 0.6 is 0 Å². The van der Waals surface area contributed by atoms with Gasteiger partial charge in [0.2, 0.25) is 0 Å². The summed E-state index contributed by atoms with van der Waals surface area (Å²) in [5.41, 5.74) is 2.04. The van der Waals surface area contributed by atoms with Gasteiger partial charge in [0.15, 0.2) is 0 Å². The zero-order valence-electron chi connectivity index (χ0n) is 14.7. The number of hydrogen-bond acceptors (Lipinski definition) is 5. The Labute approximate surface area is 154 Å². The standard InChI is InChI=1S/C19H17F3N4O/c1-12-9-13(2)26-18(25-12)27-17(10-16-7-8-23-11-24-16)14-3-5-15(6-4-14)19(20,21)22/h3-9,11,17H,10H2,1-2H3. The van der Waals surface area contributed by atoms with Crippen LogP contribution in [0.4, 0.5) is 13.2 Å². The minimum Gasteiger partial charge on any atom is -0.455 e. The van der Waals surface area contributed by atoms with Gasteiger partial charge < -0.3 is 4.74 Å². The Morgan fingerprint density at radius 3 is 2.22 bits per heavy atom. The van der Waals surface area contributed by atoms with Crippen LogP contribution in [0.3, 0.4) is 0 Å². The van der Waals surface area contributed by atoms with Crippen LogP contribution < -0.4 is 4.74 Å².